The first-order valence-corrected chi connectivity index (χ1v) is 7.24. The molecule has 2 aliphatic rings. The Morgan fingerprint density at radius 3 is 3.05 bits per heavy atom. The summed E-state index contributed by atoms with van der Waals surface area (Å²) in [6, 6.07) is 8.25. The first kappa shape index (κ1) is 12.7. The fourth-order valence-electron chi connectivity index (χ4n) is 3.19. The zero-order valence-electron chi connectivity index (χ0n) is 11.5. The predicted molar refractivity (Wildman–Crippen MR) is 76.1 cm³/mol. The molecule has 2 unspecified atom stereocenters. The number of carbonyl (C=O) groups excluding carboxylic acids is 1. The lowest BCUT2D eigenvalue weighted by Gasteiger charge is -2.36. The third kappa shape index (κ3) is 2.52. The molecule has 1 aliphatic carbocycles. The molecular formula is C16H22N2O. The molecule has 1 aliphatic heterocycles. The molecule has 1 fully saturated rings. The van der Waals surface area contributed by atoms with Gasteiger partial charge in [-0.15, -0.1) is 0 Å². The Morgan fingerprint density at radius 2 is 2.32 bits per heavy atom. The van der Waals surface area contributed by atoms with Crippen LogP contribution in [0.15, 0.2) is 24.3 Å². The van der Waals surface area contributed by atoms with Crippen LogP contribution in [-0.4, -0.2) is 25.5 Å². The first-order chi connectivity index (χ1) is 9.18. The zero-order chi connectivity index (χ0) is 13.3. The second-order valence-corrected chi connectivity index (χ2v) is 6.26. The number of fused-ring (bicyclic) bond motifs is 1. The molecule has 0 saturated carbocycles. The second kappa shape index (κ2) is 4.97. The lowest BCUT2D eigenvalue weighted by molar-refractivity contribution is -0.123. The lowest BCUT2D eigenvalue weighted by Crippen LogP contribution is -2.47. The molecule has 2 atom stereocenters. The van der Waals surface area contributed by atoms with E-state index in [1.807, 2.05) is 12.1 Å². The van der Waals surface area contributed by atoms with Gasteiger partial charge >= 0.3 is 0 Å². The van der Waals surface area contributed by atoms with E-state index in [1.54, 1.807) is 0 Å². The van der Waals surface area contributed by atoms with E-state index in [9.17, 15) is 4.79 Å². The van der Waals surface area contributed by atoms with E-state index in [1.165, 1.54) is 24.0 Å². The highest BCUT2D eigenvalue weighted by atomic mass is 16.1. The van der Waals surface area contributed by atoms with Crippen LogP contribution in [-0.2, 0) is 11.2 Å². The quantitative estimate of drug-likeness (QED) is 0.868. The molecule has 2 N–H and O–H groups in total. The van der Waals surface area contributed by atoms with Gasteiger partial charge in [0.25, 0.3) is 0 Å². The van der Waals surface area contributed by atoms with Crippen molar-refractivity contribution in [3.8, 4) is 0 Å². The molecule has 1 aromatic rings. The van der Waals surface area contributed by atoms with Gasteiger partial charge in [-0.1, -0.05) is 31.2 Å². The van der Waals surface area contributed by atoms with Gasteiger partial charge < -0.3 is 10.6 Å². The Balaban J connectivity index is 1.56. The summed E-state index contributed by atoms with van der Waals surface area (Å²) in [4.78, 5) is 12.2. The maximum absolute atomic E-state index is 12.2. The van der Waals surface area contributed by atoms with Crippen LogP contribution in [0.2, 0.25) is 0 Å². The Bertz CT molecular complexity index is 477. The van der Waals surface area contributed by atoms with Crippen molar-refractivity contribution < 1.29 is 4.79 Å². The van der Waals surface area contributed by atoms with Gasteiger partial charge in [-0.05, 0) is 42.3 Å². The molecule has 3 heteroatoms. The van der Waals surface area contributed by atoms with Crippen LogP contribution < -0.4 is 10.6 Å². The molecule has 19 heavy (non-hydrogen) atoms. The standard InChI is InChI=1S/C16H22N2O/c1-16(7-4-8-17-10-16)11-18-15(19)14-9-12-5-2-3-6-13(12)14/h2-3,5-6,14,17H,4,7-11H2,1H3,(H,18,19). The van der Waals surface area contributed by atoms with Crippen LogP contribution in [0.3, 0.4) is 0 Å². The van der Waals surface area contributed by atoms with Crippen molar-refractivity contribution in [2.75, 3.05) is 19.6 Å². The summed E-state index contributed by atoms with van der Waals surface area (Å²) in [5.41, 5.74) is 2.76. The van der Waals surface area contributed by atoms with E-state index in [0.29, 0.717) is 0 Å². The van der Waals surface area contributed by atoms with Crippen LogP contribution in [0.25, 0.3) is 0 Å². The minimum atomic E-state index is 0.0800. The van der Waals surface area contributed by atoms with Crippen LogP contribution in [0.1, 0.15) is 36.8 Å². The number of hydrogen-bond acceptors (Lipinski definition) is 2. The lowest BCUT2D eigenvalue weighted by atomic mass is 9.76. The highest BCUT2D eigenvalue weighted by Gasteiger charge is 2.33. The van der Waals surface area contributed by atoms with E-state index < -0.39 is 0 Å². The van der Waals surface area contributed by atoms with E-state index in [4.69, 9.17) is 0 Å². The molecule has 3 rings (SSSR count). The SMILES string of the molecule is CC1(CNC(=O)C2Cc3ccccc32)CCCNC1. The van der Waals surface area contributed by atoms with Crippen molar-refractivity contribution in [3.05, 3.63) is 35.4 Å². The Kier molecular flexibility index (Phi) is 3.31. The van der Waals surface area contributed by atoms with E-state index in [0.717, 1.165) is 26.1 Å². The summed E-state index contributed by atoms with van der Waals surface area (Å²) < 4.78 is 0. The maximum atomic E-state index is 12.2. The number of carbonyl (C=O) groups is 1. The van der Waals surface area contributed by atoms with Gasteiger partial charge in [0.1, 0.15) is 0 Å². The highest BCUT2D eigenvalue weighted by Crippen LogP contribution is 2.35. The summed E-state index contributed by atoms with van der Waals surface area (Å²) in [6.45, 7) is 5.17. The third-order valence-corrected chi connectivity index (χ3v) is 4.55. The zero-order valence-corrected chi connectivity index (χ0v) is 11.5. The molecular weight excluding hydrogens is 236 g/mol. The minimum Gasteiger partial charge on any atom is -0.355 e. The summed E-state index contributed by atoms with van der Waals surface area (Å²) in [7, 11) is 0. The second-order valence-electron chi connectivity index (χ2n) is 6.26. The molecule has 0 radical (unpaired) electrons. The largest absolute Gasteiger partial charge is 0.355 e. The summed E-state index contributed by atoms with van der Waals surface area (Å²) in [6.07, 6.45) is 3.30. The Morgan fingerprint density at radius 1 is 1.47 bits per heavy atom. The smallest absolute Gasteiger partial charge is 0.227 e. The predicted octanol–water partition coefficient (Wildman–Crippen LogP) is 1.83. The minimum absolute atomic E-state index is 0.0800. The Labute approximate surface area is 114 Å². The van der Waals surface area contributed by atoms with Crippen molar-refractivity contribution in [1.29, 1.82) is 0 Å². The fraction of sp³-hybridized carbons (Fsp3) is 0.562. The normalized spacial score (nSPS) is 29.2. The third-order valence-electron chi connectivity index (χ3n) is 4.55. The molecule has 3 nitrogen and oxygen atoms in total. The van der Waals surface area contributed by atoms with Gasteiger partial charge in [0.15, 0.2) is 0 Å². The van der Waals surface area contributed by atoms with Gasteiger partial charge in [0, 0.05) is 13.1 Å². The van der Waals surface area contributed by atoms with Crippen molar-refractivity contribution >= 4 is 5.91 Å². The number of benzene rings is 1. The van der Waals surface area contributed by atoms with Crippen molar-refractivity contribution in [1.82, 2.24) is 10.6 Å². The number of hydrogen-bond donors (Lipinski definition) is 2. The molecule has 0 spiro atoms. The van der Waals surface area contributed by atoms with E-state index in [-0.39, 0.29) is 17.2 Å². The van der Waals surface area contributed by atoms with Gasteiger partial charge in [-0.2, -0.15) is 0 Å². The van der Waals surface area contributed by atoms with Crippen LogP contribution in [0.4, 0.5) is 0 Å². The summed E-state index contributed by atoms with van der Waals surface area (Å²) in [5, 5.41) is 6.58. The molecule has 102 valence electrons. The summed E-state index contributed by atoms with van der Waals surface area (Å²) >= 11 is 0. The number of piperidine rings is 1. The van der Waals surface area contributed by atoms with Gasteiger partial charge in [-0.3, -0.25) is 4.79 Å². The van der Waals surface area contributed by atoms with Gasteiger partial charge in [0.2, 0.25) is 5.91 Å². The van der Waals surface area contributed by atoms with Crippen LogP contribution in [0, 0.1) is 5.41 Å². The number of amides is 1. The fourth-order valence-corrected chi connectivity index (χ4v) is 3.19. The molecule has 0 aromatic heterocycles. The van der Waals surface area contributed by atoms with Crippen molar-refractivity contribution in [3.63, 3.8) is 0 Å². The summed E-state index contributed by atoms with van der Waals surface area (Å²) in [5.74, 6) is 0.279. The van der Waals surface area contributed by atoms with Crippen molar-refractivity contribution in [2.24, 2.45) is 5.41 Å². The topological polar surface area (TPSA) is 41.1 Å². The highest BCUT2D eigenvalue weighted by molar-refractivity contribution is 5.86. The van der Waals surface area contributed by atoms with Gasteiger partial charge in [-0.25, -0.2) is 0 Å². The monoisotopic (exact) mass is 258 g/mol. The first-order valence-electron chi connectivity index (χ1n) is 7.24. The van der Waals surface area contributed by atoms with E-state index >= 15 is 0 Å². The van der Waals surface area contributed by atoms with Crippen LogP contribution in [0.5, 0.6) is 0 Å². The Hall–Kier alpha value is -1.35. The molecule has 0 bridgehead atoms. The van der Waals surface area contributed by atoms with Crippen LogP contribution >= 0.6 is 0 Å². The molecule has 1 saturated heterocycles. The average Bonchev–Trinajstić information content (AvgIpc) is 2.39. The van der Waals surface area contributed by atoms with E-state index in [2.05, 4.69) is 29.7 Å². The average molecular weight is 258 g/mol. The number of nitrogens with one attached hydrogen (secondary N) is 2. The molecule has 1 amide bonds. The van der Waals surface area contributed by atoms with Crippen molar-refractivity contribution in [2.45, 2.75) is 32.1 Å². The molecule has 1 heterocycles. The molecule has 1 aromatic carbocycles. The van der Waals surface area contributed by atoms with Gasteiger partial charge in [0.05, 0.1) is 5.92 Å². The number of rotatable bonds is 3. The maximum Gasteiger partial charge on any atom is 0.227 e.